The minimum absolute atomic E-state index is 0.403. The molecule has 4 N–H and O–H groups in total. The van der Waals surface area contributed by atoms with Crippen LogP contribution in [0.4, 0.5) is 5.69 Å². The van der Waals surface area contributed by atoms with Gasteiger partial charge in [0, 0.05) is 11.3 Å². The molecule has 2 aromatic rings. The summed E-state index contributed by atoms with van der Waals surface area (Å²) in [4.78, 5) is 11.3. The van der Waals surface area contributed by atoms with Gasteiger partial charge in [-0.05, 0) is 41.8 Å². The first-order valence-corrected chi connectivity index (χ1v) is 5.35. The van der Waals surface area contributed by atoms with Crippen LogP contribution < -0.4 is 11.5 Å². The molecule has 1 amide bonds. The standard InChI is InChI=1S/C14H14N2O/c1-9-12(3-2-4-13(9)14(16)17)10-5-7-11(15)8-6-10/h2-8H,15H2,1H3,(H2,16,17). The van der Waals surface area contributed by atoms with Crippen molar-refractivity contribution in [3.63, 3.8) is 0 Å². The van der Waals surface area contributed by atoms with Crippen LogP contribution in [-0.4, -0.2) is 5.91 Å². The topological polar surface area (TPSA) is 69.1 Å². The lowest BCUT2D eigenvalue weighted by Crippen LogP contribution is -2.12. The number of nitrogens with two attached hydrogens (primary N) is 2. The first kappa shape index (κ1) is 11.2. The van der Waals surface area contributed by atoms with Crippen LogP contribution in [0.15, 0.2) is 42.5 Å². The van der Waals surface area contributed by atoms with Crippen molar-refractivity contribution in [1.82, 2.24) is 0 Å². The highest BCUT2D eigenvalue weighted by atomic mass is 16.1. The van der Waals surface area contributed by atoms with Gasteiger partial charge >= 0.3 is 0 Å². The van der Waals surface area contributed by atoms with E-state index in [1.165, 1.54) is 0 Å². The van der Waals surface area contributed by atoms with Crippen molar-refractivity contribution in [1.29, 1.82) is 0 Å². The number of hydrogen-bond acceptors (Lipinski definition) is 2. The normalized spacial score (nSPS) is 10.2. The molecule has 0 radical (unpaired) electrons. The third kappa shape index (κ3) is 2.13. The van der Waals surface area contributed by atoms with Crippen molar-refractivity contribution in [2.75, 3.05) is 5.73 Å². The SMILES string of the molecule is Cc1c(C(N)=O)cccc1-c1ccc(N)cc1. The van der Waals surface area contributed by atoms with Gasteiger partial charge in [0.2, 0.25) is 5.91 Å². The molecule has 0 unspecified atom stereocenters. The zero-order chi connectivity index (χ0) is 12.4. The molecular weight excluding hydrogens is 212 g/mol. The molecule has 0 bridgehead atoms. The first-order valence-electron chi connectivity index (χ1n) is 5.35. The van der Waals surface area contributed by atoms with Crippen LogP contribution in [0.25, 0.3) is 11.1 Å². The summed E-state index contributed by atoms with van der Waals surface area (Å²) in [6.45, 7) is 1.89. The molecule has 0 saturated carbocycles. The van der Waals surface area contributed by atoms with Gasteiger partial charge in [-0.3, -0.25) is 4.79 Å². The molecule has 3 heteroatoms. The summed E-state index contributed by atoms with van der Waals surface area (Å²) in [7, 11) is 0. The average Bonchev–Trinajstić information content (AvgIpc) is 2.30. The minimum atomic E-state index is -0.403. The van der Waals surface area contributed by atoms with Gasteiger partial charge in [-0.2, -0.15) is 0 Å². The Labute approximate surface area is 100 Å². The van der Waals surface area contributed by atoms with E-state index in [4.69, 9.17) is 11.5 Å². The lowest BCUT2D eigenvalue weighted by atomic mass is 9.96. The second-order valence-corrected chi connectivity index (χ2v) is 3.96. The molecule has 0 heterocycles. The van der Waals surface area contributed by atoms with Crippen LogP contribution in [0.1, 0.15) is 15.9 Å². The van der Waals surface area contributed by atoms with E-state index in [9.17, 15) is 4.79 Å². The number of carbonyl (C=O) groups is 1. The zero-order valence-corrected chi connectivity index (χ0v) is 9.60. The van der Waals surface area contributed by atoms with Crippen molar-refractivity contribution in [3.8, 4) is 11.1 Å². The molecule has 86 valence electrons. The lowest BCUT2D eigenvalue weighted by molar-refractivity contribution is 0.1000. The predicted octanol–water partition coefficient (Wildman–Crippen LogP) is 2.34. The van der Waals surface area contributed by atoms with Crippen LogP contribution in [0.3, 0.4) is 0 Å². The maximum atomic E-state index is 11.3. The van der Waals surface area contributed by atoms with E-state index in [2.05, 4.69) is 0 Å². The summed E-state index contributed by atoms with van der Waals surface area (Å²) in [6, 6.07) is 13.1. The Morgan fingerprint density at radius 2 is 1.71 bits per heavy atom. The first-order chi connectivity index (χ1) is 8.09. The monoisotopic (exact) mass is 226 g/mol. The van der Waals surface area contributed by atoms with Crippen LogP contribution in [-0.2, 0) is 0 Å². The van der Waals surface area contributed by atoms with Crippen LogP contribution in [0.2, 0.25) is 0 Å². The van der Waals surface area contributed by atoms with Gasteiger partial charge in [0.05, 0.1) is 0 Å². The summed E-state index contributed by atoms with van der Waals surface area (Å²) in [6.07, 6.45) is 0. The number of hydrogen-bond donors (Lipinski definition) is 2. The number of carbonyl (C=O) groups excluding carboxylic acids is 1. The Kier molecular flexibility index (Phi) is 2.83. The van der Waals surface area contributed by atoms with E-state index in [1.54, 1.807) is 6.07 Å². The number of benzene rings is 2. The number of nitrogen functional groups attached to an aromatic ring is 1. The van der Waals surface area contributed by atoms with E-state index in [0.29, 0.717) is 5.56 Å². The predicted molar refractivity (Wildman–Crippen MR) is 69.5 cm³/mol. The highest BCUT2D eigenvalue weighted by Gasteiger charge is 2.09. The van der Waals surface area contributed by atoms with E-state index in [-0.39, 0.29) is 0 Å². The van der Waals surface area contributed by atoms with Gasteiger partial charge in [-0.15, -0.1) is 0 Å². The van der Waals surface area contributed by atoms with Crippen molar-refractivity contribution >= 4 is 11.6 Å². The molecule has 0 aromatic heterocycles. The second-order valence-electron chi connectivity index (χ2n) is 3.96. The lowest BCUT2D eigenvalue weighted by Gasteiger charge is -2.09. The molecule has 0 saturated heterocycles. The van der Waals surface area contributed by atoms with Gasteiger partial charge in [-0.1, -0.05) is 24.3 Å². The summed E-state index contributed by atoms with van der Waals surface area (Å²) < 4.78 is 0. The minimum Gasteiger partial charge on any atom is -0.399 e. The van der Waals surface area contributed by atoms with Crippen molar-refractivity contribution in [2.24, 2.45) is 5.73 Å². The third-order valence-corrected chi connectivity index (χ3v) is 2.82. The summed E-state index contributed by atoms with van der Waals surface area (Å²) in [5, 5.41) is 0. The van der Waals surface area contributed by atoms with Gasteiger partial charge in [-0.25, -0.2) is 0 Å². The summed E-state index contributed by atoms with van der Waals surface area (Å²) >= 11 is 0. The Hall–Kier alpha value is -2.29. The molecule has 17 heavy (non-hydrogen) atoms. The van der Waals surface area contributed by atoms with Crippen LogP contribution in [0.5, 0.6) is 0 Å². The van der Waals surface area contributed by atoms with Crippen molar-refractivity contribution < 1.29 is 4.79 Å². The maximum Gasteiger partial charge on any atom is 0.248 e. The van der Waals surface area contributed by atoms with Gasteiger partial charge in [0.1, 0.15) is 0 Å². The van der Waals surface area contributed by atoms with E-state index in [1.807, 2.05) is 43.3 Å². The molecule has 0 spiro atoms. The Balaban J connectivity index is 2.56. The molecular formula is C14H14N2O. The average molecular weight is 226 g/mol. The fraction of sp³-hybridized carbons (Fsp3) is 0.0714. The highest BCUT2D eigenvalue weighted by molar-refractivity contribution is 5.96. The van der Waals surface area contributed by atoms with Crippen molar-refractivity contribution in [3.05, 3.63) is 53.6 Å². The Bertz CT molecular complexity index is 559. The number of amides is 1. The third-order valence-electron chi connectivity index (χ3n) is 2.82. The highest BCUT2D eigenvalue weighted by Crippen LogP contribution is 2.26. The molecule has 0 aliphatic rings. The zero-order valence-electron chi connectivity index (χ0n) is 9.60. The molecule has 0 atom stereocenters. The molecule has 2 rings (SSSR count). The Morgan fingerprint density at radius 1 is 1.06 bits per heavy atom. The number of primary amides is 1. The van der Waals surface area contributed by atoms with Crippen molar-refractivity contribution in [2.45, 2.75) is 6.92 Å². The van der Waals surface area contributed by atoms with E-state index < -0.39 is 5.91 Å². The smallest absolute Gasteiger partial charge is 0.248 e. The van der Waals surface area contributed by atoms with Gasteiger partial charge in [0.15, 0.2) is 0 Å². The van der Waals surface area contributed by atoms with Gasteiger partial charge in [0.25, 0.3) is 0 Å². The summed E-state index contributed by atoms with van der Waals surface area (Å²) in [5.41, 5.74) is 15.2. The Morgan fingerprint density at radius 3 is 2.29 bits per heavy atom. The molecule has 0 aliphatic carbocycles. The van der Waals surface area contributed by atoms with E-state index >= 15 is 0 Å². The second kappa shape index (κ2) is 4.29. The maximum absolute atomic E-state index is 11.3. The number of anilines is 1. The molecule has 2 aromatic carbocycles. The van der Waals surface area contributed by atoms with Crippen LogP contribution in [0, 0.1) is 6.92 Å². The van der Waals surface area contributed by atoms with Crippen LogP contribution >= 0.6 is 0 Å². The van der Waals surface area contributed by atoms with Gasteiger partial charge < -0.3 is 11.5 Å². The number of rotatable bonds is 2. The molecule has 0 aliphatic heterocycles. The molecule has 3 nitrogen and oxygen atoms in total. The molecule has 0 fully saturated rings. The quantitative estimate of drug-likeness (QED) is 0.772. The largest absolute Gasteiger partial charge is 0.399 e. The fourth-order valence-electron chi connectivity index (χ4n) is 1.88. The van der Waals surface area contributed by atoms with E-state index in [0.717, 1.165) is 22.4 Å². The summed E-state index contributed by atoms with van der Waals surface area (Å²) in [5.74, 6) is -0.403. The fourth-order valence-corrected chi connectivity index (χ4v) is 1.88.